The number of hydrogen-bond donors (Lipinski definition) is 2. The number of amides is 4. The monoisotopic (exact) mass is 563 g/mol. The van der Waals surface area contributed by atoms with Crippen molar-refractivity contribution in [3.05, 3.63) is 77.1 Å². The largest absolute Gasteiger partial charge is 0.495 e. The highest BCUT2D eigenvalue weighted by Gasteiger charge is 2.41. The van der Waals surface area contributed by atoms with Gasteiger partial charge in [-0.15, -0.1) is 0 Å². The van der Waals surface area contributed by atoms with E-state index >= 15 is 0 Å². The van der Waals surface area contributed by atoms with Crippen molar-refractivity contribution in [3.8, 4) is 23.0 Å². The lowest BCUT2D eigenvalue weighted by Gasteiger charge is -2.29. The summed E-state index contributed by atoms with van der Waals surface area (Å²) in [7, 11) is 2.82. The van der Waals surface area contributed by atoms with E-state index in [2.05, 4.69) is 10.6 Å². The van der Waals surface area contributed by atoms with E-state index in [-0.39, 0.29) is 49.0 Å². The van der Waals surface area contributed by atoms with E-state index in [0.717, 1.165) is 0 Å². The fourth-order valence-electron chi connectivity index (χ4n) is 4.80. The summed E-state index contributed by atoms with van der Waals surface area (Å²) in [5.74, 6) is -0.521. The van der Waals surface area contributed by atoms with Crippen LogP contribution in [-0.2, 0) is 27.5 Å². The Bertz CT molecular complexity index is 1540. The minimum Gasteiger partial charge on any atom is -0.495 e. The third-order valence-electron chi connectivity index (χ3n) is 6.73. The van der Waals surface area contributed by atoms with E-state index in [1.807, 2.05) is 0 Å². The lowest BCUT2D eigenvalue weighted by atomic mass is 10.0. The molecule has 2 N–H and O–H groups in total. The summed E-state index contributed by atoms with van der Waals surface area (Å²) in [5, 5.41) is 4.87. The zero-order chi connectivity index (χ0) is 29.1. The predicted molar refractivity (Wildman–Crippen MR) is 142 cm³/mol. The smallest absolute Gasteiger partial charge is 0.412 e. The Hall–Kier alpha value is -5.13. The Morgan fingerprint density at radius 2 is 1.85 bits per heavy atom. The fraction of sp³-hybridized carbons (Fsp3) is 0.241. The topological polar surface area (TPSA) is 132 Å². The third-order valence-corrected chi connectivity index (χ3v) is 6.73. The number of carbonyl (C=O) groups excluding carboxylic acids is 4. The molecule has 0 aromatic heterocycles. The third kappa shape index (κ3) is 5.76. The van der Waals surface area contributed by atoms with E-state index < -0.39 is 29.8 Å². The number of benzene rings is 3. The molecule has 0 bridgehead atoms. The molecule has 3 aromatic carbocycles. The van der Waals surface area contributed by atoms with Crippen LogP contribution in [0.1, 0.15) is 34.3 Å². The number of nitrogens with zero attached hydrogens (tertiary/aromatic N) is 1. The highest BCUT2D eigenvalue weighted by atomic mass is 19.1. The molecule has 0 spiro atoms. The van der Waals surface area contributed by atoms with E-state index in [1.165, 1.54) is 43.4 Å². The van der Waals surface area contributed by atoms with Crippen LogP contribution in [0.4, 0.5) is 14.9 Å². The molecule has 0 radical (unpaired) electrons. The van der Waals surface area contributed by atoms with Crippen molar-refractivity contribution in [2.24, 2.45) is 0 Å². The molecule has 12 heteroatoms. The maximum absolute atomic E-state index is 13.5. The van der Waals surface area contributed by atoms with E-state index in [9.17, 15) is 23.6 Å². The van der Waals surface area contributed by atoms with Crippen LogP contribution >= 0.6 is 0 Å². The van der Waals surface area contributed by atoms with Gasteiger partial charge in [-0.25, -0.2) is 9.18 Å². The highest BCUT2D eigenvalue weighted by molar-refractivity contribution is 6.06. The number of fused-ring (bicyclic) bond motifs is 1. The molecular formula is C29H26FN3O8. The van der Waals surface area contributed by atoms with Crippen LogP contribution in [0.5, 0.6) is 23.0 Å². The van der Waals surface area contributed by atoms with E-state index in [0.29, 0.717) is 28.3 Å². The summed E-state index contributed by atoms with van der Waals surface area (Å²) in [4.78, 5) is 51.2. The van der Waals surface area contributed by atoms with E-state index in [4.69, 9.17) is 18.9 Å². The summed E-state index contributed by atoms with van der Waals surface area (Å²) in [6.07, 6.45) is -0.402. The van der Waals surface area contributed by atoms with Crippen LogP contribution in [-0.4, -0.2) is 49.0 Å². The first kappa shape index (κ1) is 27.4. The summed E-state index contributed by atoms with van der Waals surface area (Å²) in [6, 6.07) is 13.0. The van der Waals surface area contributed by atoms with E-state index in [1.54, 1.807) is 30.3 Å². The van der Waals surface area contributed by atoms with Gasteiger partial charge in [0.1, 0.15) is 41.5 Å². The van der Waals surface area contributed by atoms with Crippen molar-refractivity contribution in [1.29, 1.82) is 0 Å². The van der Waals surface area contributed by atoms with Gasteiger partial charge in [-0.1, -0.05) is 18.2 Å². The van der Waals surface area contributed by atoms with Gasteiger partial charge < -0.3 is 23.8 Å². The van der Waals surface area contributed by atoms with Crippen molar-refractivity contribution in [2.45, 2.75) is 32.0 Å². The number of imide groups is 1. The minimum absolute atomic E-state index is 0.148. The maximum atomic E-state index is 13.5. The van der Waals surface area contributed by atoms with Crippen LogP contribution in [0.25, 0.3) is 0 Å². The minimum atomic E-state index is -0.791. The number of carbonyl (C=O) groups is 4. The summed E-state index contributed by atoms with van der Waals surface area (Å²) in [5.41, 5.74) is 1.70. The molecule has 2 aliphatic rings. The number of ether oxygens (including phenoxy) is 4. The quantitative estimate of drug-likeness (QED) is 0.391. The van der Waals surface area contributed by atoms with Gasteiger partial charge in [0.25, 0.3) is 5.91 Å². The Kier molecular flexibility index (Phi) is 7.72. The van der Waals surface area contributed by atoms with Gasteiger partial charge in [0, 0.05) is 30.7 Å². The van der Waals surface area contributed by atoms with Gasteiger partial charge in [-0.2, -0.15) is 0 Å². The van der Waals surface area contributed by atoms with Crippen LogP contribution in [0, 0.1) is 5.82 Å². The van der Waals surface area contributed by atoms with Crippen molar-refractivity contribution in [2.75, 3.05) is 19.5 Å². The van der Waals surface area contributed by atoms with Gasteiger partial charge in [-0.3, -0.25) is 25.0 Å². The van der Waals surface area contributed by atoms with Crippen LogP contribution < -0.4 is 24.8 Å². The molecule has 1 saturated heterocycles. The molecule has 1 fully saturated rings. The second kappa shape index (κ2) is 11.5. The maximum Gasteiger partial charge on any atom is 0.412 e. The highest BCUT2D eigenvalue weighted by Crippen LogP contribution is 2.37. The molecule has 3 aromatic rings. The fourth-order valence-corrected chi connectivity index (χ4v) is 4.80. The zero-order valence-electron chi connectivity index (χ0n) is 22.2. The first-order valence-electron chi connectivity index (χ1n) is 12.7. The molecule has 1 unspecified atom stereocenters. The molecule has 1 atom stereocenters. The van der Waals surface area contributed by atoms with Crippen LogP contribution in [0.15, 0.2) is 54.6 Å². The molecular weight excluding hydrogens is 537 g/mol. The van der Waals surface area contributed by atoms with Crippen molar-refractivity contribution in [1.82, 2.24) is 10.2 Å². The molecule has 11 nitrogen and oxygen atoms in total. The Morgan fingerprint density at radius 3 is 2.59 bits per heavy atom. The summed E-state index contributed by atoms with van der Waals surface area (Å²) >= 11 is 0. The van der Waals surface area contributed by atoms with Crippen molar-refractivity contribution >= 4 is 29.5 Å². The Morgan fingerprint density at radius 1 is 1.05 bits per heavy atom. The number of piperidine rings is 1. The van der Waals surface area contributed by atoms with Crippen LogP contribution in [0.3, 0.4) is 0 Å². The number of hydrogen-bond acceptors (Lipinski definition) is 8. The molecule has 41 heavy (non-hydrogen) atoms. The lowest BCUT2D eigenvalue weighted by Crippen LogP contribution is -2.52. The molecule has 4 amide bonds. The van der Waals surface area contributed by atoms with Crippen LogP contribution in [0.2, 0.25) is 0 Å². The predicted octanol–water partition coefficient (Wildman–Crippen LogP) is 4.14. The number of nitrogens with one attached hydrogen (secondary N) is 2. The standard InChI is InChI=1S/C29H26FN3O8/c1-38-23-13-20(41-19-5-3-4-18(30)12-19)8-9-21(23)31-29(37)40-15-17-7-6-16-14-33(28(36)25(16)26(17)39-2)22-10-11-24(34)32-27(22)35/h3-9,12-13,22H,10-11,14-15H2,1-2H3,(H,31,37)(H,32,34,35). The zero-order valence-corrected chi connectivity index (χ0v) is 22.2. The second-order valence-corrected chi connectivity index (χ2v) is 9.31. The van der Waals surface area contributed by atoms with Gasteiger partial charge in [0.15, 0.2) is 0 Å². The average Bonchev–Trinajstić information content (AvgIpc) is 3.28. The molecule has 5 rings (SSSR count). The first-order valence-corrected chi connectivity index (χ1v) is 12.7. The Balaban J connectivity index is 1.25. The lowest BCUT2D eigenvalue weighted by molar-refractivity contribution is -0.136. The van der Waals surface area contributed by atoms with Gasteiger partial charge in [0.2, 0.25) is 11.8 Å². The van der Waals surface area contributed by atoms with Gasteiger partial charge >= 0.3 is 6.09 Å². The molecule has 0 aliphatic carbocycles. The van der Waals surface area contributed by atoms with Crippen molar-refractivity contribution in [3.63, 3.8) is 0 Å². The molecule has 212 valence electrons. The number of methoxy groups -OCH3 is 2. The van der Waals surface area contributed by atoms with Gasteiger partial charge in [-0.05, 0) is 36.2 Å². The summed E-state index contributed by atoms with van der Waals surface area (Å²) in [6.45, 7) is -0.0196. The number of halogens is 1. The average molecular weight is 564 g/mol. The van der Waals surface area contributed by atoms with Gasteiger partial charge in [0.05, 0.1) is 25.5 Å². The van der Waals surface area contributed by atoms with Crippen molar-refractivity contribution < 1.29 is 42.5 Å². The SMILES string of the molecule is COc1cc(Oc2cccc(F)c2)ccc1NC(=O)OCc1ccc2c(c1OC)C(=O)N(C1CCC(=O)NC1=O)C2. The number of anilines is 1. The summed E-state index contributed by atoms with van der Waals surface area (Å²) < 4.78 is 35.4. The normalized spacial score (nSPS) is 16.1. The second-order valence-electron chi connectivity index (χ2n) is 9.31. The Labute approximate surface area is 234 Å². The molecule has 2 heterocycles. The molecule has 0 saturated carbocycles. The number of rotatable bonds is 8. The molecule has 2 aliphatic heterocycles. The first-order chi connectivity index (χ1) is 19.8.